The fourth-order valence-electron chi connectivity index (χ4n) is 4.83. The van der Waals surface area contributed by atoms with E-state index in [9.17, 15) is 18.8 Å². The molecule has 4 aromatic rings. The maximum Gasteiger partial charge on any atom is 0.289 e. The van der Waals surface area contributed by atoms with Crippen LogP contribution in [0.25, 0.3) is 0 Å². The molecule has 2 heterocycles. The number of furan rings is 1. The second-order valence-electron chi connectivity index (χ2n) is 10.5. The van der Waals surface area contributed by atoms with Crippen LogP contribution in [0.15, 0.2) is 102 Å². The first kappa shape index (κ1) is 30.7. The van der Waals surface area contributed by atoms with Gasteiger partial charge in [0.25, 0.3) is 5.91 Å². The van der Waals surface area contributed by atoms with Crippen LogP contribution < -0.4 is 10.1 Å². The lowest BCUT2D eigenvalue weighted by molar-refractivity contribution is -0.130. The van der Waals surface area contributed by atoms with Crippen LogP contribution in [-0.2, 0) is 27.4 Å². The number of carbonyl (C=O) groups is 3. The highest BCUT2D eigenvalue weighted by molar-refractivity contribution is 5.92. The standard InChI is InChI=1S/C34H34FN3O6/c35-27-10-14-29(15-11-27)44-28-12-8-25(9-13-28)21-31(39)30(24-42-23-26-5-2-1-3-6-26)36-33(40)22-37-16-18-38(19-17-37)34(41)32-7-4-20-43-32/h1-15,20,30H,16-19,21-24H2,(H,36,40)/t30-/m0/s1. The minimum Gasteiger partial charge on any atom is -0.459 e. The number of ketones is 1. The lowest BCUT2D eigenvalue weighted by atomic mass is 10.0. The summed E-state index contributed by atoms with van der Waals surface area (Å²) in [6, 6.07) is 24.8. The molecule has 0 spiro atoms. The molecule has 1 aliphatic heterocycles. The van der Waals surface area contributed by atoms with Crippen LogP contribution in [0.2, 0.25) is 0 Å². The first-order valence-corrected chi connectivity index (χ1v) is 14.4. The van der Waals surface area contributed by atoms with Crippen molar-refractivity contribution in [2.45, 2.75) is 19.1 Å². The summed E-state index contributed by atoms with van der Waals surface area (Å²) >= 11 is 0. The zero-order valence-corrected chi connectivity index (χ0v) is 24.2. The maximum absolute atomic E-state index is 13.4. The normalized spacial score (nSPS) is 14.2. The first-order valence-electron chi connectivity index (χ1n) is 14.4. The summed E-state index contributed by atoms with van der Waals surface area (Å²) in [6.07, 6.45) is 1.55. The highest BCUT2D eigenvalue weighted by Gasteiger charge is 2.26. The van der Waals surface area contributed by atoms with Gasteiger partial charge in [-0.25, -0.2) is 4.39 Å². The Labute approximate surface area is 255 Å². The zero-order valence-electron chi connectivity index (χ0n) is 24.2. The molecular weight excluding hydrogens is 565 g/mol. The van der Waals surface area contributed by atoms with E-state index in [4.69, 9.17) is 13.9 Å². The SMILES string of the molecule is O=C(CN1CCN(C(=O)c2ccco2)CC1)N[C@@H](COCc1ccccc1)C(=O)Cc1ccc(Oc2ccc(F)cc2)cc1. The largest absolute Gasteiger partial charge is 0.459 e. The summed E-state index contributed by atoms with van der Waals surface area (Å²) in [7, 11) is 0. The topological polar surface area (TPSA) is 101 Å². The lowest BCUT2D eigenvalue weighted by Crippen LogP contribution is -2.53. The molecule has 228 valence electrons. The summed E-state index contributed by atoms with van der Waals surface area (Å²) in [5.74, 6) is 0.348. The number of benzene rings is 3. The number of halogens is 1. The van der Waals surface area contributed by atoms with E-state index in [1.165, 1.54) is 30.5 Å². The Hall–Kier alpha value is -4.80. The van der Waals surface area contributed by atoms with Gasteiger partial charge in [-0.05, 0) is 59.7 Å². The Morgan fingerprint density at radius 3 is 2.16 bits per heavy atom. The highest BCUT2D eigenvalue weighted by Crippen LogP contribution is 2.22. The van der Waals surface area contributed by atoms with Crippen LogP contribution in [0.1, 0.15) is 21.7 Å². The number of hydrogen-bond acceptors (Lipinski definition) is 7. The van der Waals surface area contributed by atoms with Crippen molar-refractivity contribution in [2.75, 3.05) is 39.3 Å². The number of amides is 2. The monoisotopic (exact) mass is 599 g/mol. The molecule has 1 aliphatic rings. The third kappa shape index (κ3) is 8.85. The van der Waals surface area contributed by atoms with Gasteiger partial charge in [0.2, 0.25) is 5.91 Å². The molecule has 0 saturated carbocycles. The molecule has 10 heteroatoms. The predicted octanol–water partition coefficient (Wildman–Crippen LogP) is 4.48. The molecule has 0 unspecified atom stereocenters. The van der Waals surface area contributed by atoms with E-state index in [1.54, 1.807) is 41.3 Å². The molecule has 9 nitrogen and oxygen atoms in total. The van der Waals surface area contributed by atoms with E-state index in [-0.39, 0.29) is 43.0 Å². The van der Waals surface area contributed by atoms with Gasteiger partial charge in [0, 0.05) is 32.6 Å². The summed E-state index contributed by atoms with van der Waals surface area (Å²) in [6.45, 7) is 2.41. The second kappa shape index (κ2) is 15.1. The number of piperazine rings is 1. The third-order valence-electron chi connectivity index (χ3n) is 7.23. The van der Waals surface area contributed by atoms with Crippen molar-refractivity contribution >= 4 is 17.6 Å². The molecule has 5 rings (SSSR count). The molecule has 44 heavy (non-hydrogen) atoms. The van der Waals surface area contributed by atoms with Crippen LogP contribution in [-0.4, -0.2) is 72.8 Å². The molecule has 1 aromatic heterocycles. The van der Waals surface area contributed by atoms with Gasteiger partial charge in [0.05, 0.1) is 26.0 Å². The van der Waals surface area contributed by atoms with E-state index >= 15 is 0 Å². The Morgan fingerprint density at radius 1 is 0.818 bits per heavy atom. The Morgan fingerprint density at radius 2 is 1.50 bits per heavy atom. The predicted molar refractivity (Wildman–Crippen MR) is 161 cm³/mol. The summed E-state index contributed by atoms with van der Waals surface area (Å²) < 4.78 is 30.0. The van der Waals surface area contributed by atoms with Crippen molar-refractivity contribution in [1.82, 2.24) is 15.1 Å². The molecule has 1 N–H and O–H groups in total. The number of nitrogens with one attached hydrogen (secondary N) is 1. The van der Waals surface area contributed by atoms with Crippen LogP contribution in [0, 0.1) is 5.82 Å². The average Bonchev–Trinajstić information content (AvgIpc) is 3.58. The lowest BCUT2D eigenvalue weighted by Gasteiger charge is -2.34. The van der Waals surface area contributed by atoms with Gasteiger partial charge in [-0.3, -0.25) is 19.3 Å². The number of carbonyl (C=O) groups excluding carboxylic acids is 3. The number of ether oxygens (including phenoxy) is 2. The van der Waals surface area contributed by atoms with Crippen LogP contribution in [0.4, 0.5) is 4.39 Å². The smallest absolute Gasteiger partial charge is 0.289 e. The molecule has 0 radical (unpaired) electrons. The Bertz CT molecular complexity index is 1500. The van der Waals surface area contributed by atoms with Crippen molar-refractivity contribution in [1.29, 1.82) is 0 Å². The minimum atomic E-state index is -0.844. The van der Waals surface area contributed by atoms with Gasteiger partial charge in [0.15, 0.2) is 11.5 Å². The molecule has 1 fully saturated rings. The van der Waals surface area contributed by atoms with E-state index in [0.29, 0.717) is 50.0 Å². The molecule has 1 saturated heterocycles. The summed E-state index contributed by atoms with van der Waals surface area (Å²) in [5, 5.41) is 2.87. The second-order valence-corrected chi connectivity index (χ2v) is 10.5. The number of hydrogen-bond donors (Lipinski definition) is 1. The number of rotatable bonds is 13. The summed E-state index contributed by atoms with van der Waals surface area (Å²) in [5.41, 5.74) is 1.71. The van der Waals surface area contributed by atoms with Crippen LogP contribution in [0.3, 0.4) is 0 Å². The molecular formula is C34H34FN3O6. The minimum absolute atomic E-state index is 0.0245. The Kier molecular flexibility index (Phi) is 10.5. The highest BCUT2D eigenvalue weighted by atomic mass is 19.1. The third-order valence-corrected chi connectivity index (χ3v) is 7.23. The van der Waals surface area contributed by atoms with Gasteiger partial charge < -0.3 is 24.1 Å². The van der Waals surface area contributed by atoms with Crippen molar-refractivity contribution < 1.29 is 32.7 Å². The molecule has 2 amide bonds. The quantitative estimate of drug-likeness (QED) is 0.242. The van der Waals surface area contributed by atoms with Crippen molar-refractivity contribution in [3.63, 3.8) is 0 Å². The van der Waals surface area contributed by atoms with E-state index in [0.717, 1.165) is 11.1 Å². The summed E-state index contributed by atoms with van der Waals surface area (Å²) in [4.78, 5) is 42.6. The van der Waals surface area contributed by atoms with Crippen LogP contribution in [0.5, 0.6) is 11.5 Å². The molecule has 0 bridgehead atoms. The number of Topliss-reactive ketones (excluding diaryl/α,β-unsaturated/α-hetero) is 1. The van der Waals surface area contributed by atoms with Crippen molar-refractivity contribution in [2.24, 2.45) is 0 Å². The maximum atomic E-state index is 13.4. The van der Waals surface area contributed by atoms with E-state index < -0.39 is 6.04 Å². The molecule has 3 aromatic carbocycles. The van der Waals surface area contributed by atoms with Crippen LogP contribution >= 0.6 is 0 Å². The average molecular weight is 600 g/mol. The van der Waals surface area contributed by atoms with Gasteiger partial charge >= 0.3 is 0 Å². The van der Waals surface area contributed by atoms with Crippen molar-refractivity contribution in [3.8, 4) is 11.5 Å². The van der Waals surface area contributed by atoms with Crippen molar-refractivity contribution in [3.05, 3.63) is 120 Å². The van der Waals surface area contributed by atoms with E-state index in [2.05, 4.69) is 5.32 Å². The van der Waals surface area contributed by atoms with Gasteiger partial charge in [-0.2, -0.15) is 0 Å². The fraction of sp³-hybridized carbons (Fsp3) is 0.265. The van der Waals surface area contributed by atoms with E-state index in [1.807, 2.05) is 35.2 Å². The van der Waals surface area contributed by atoms with Gasteiger partial charge in [-0.15, -0.1) is 0 Å². The Balaban J connectivity index is 1.15. The zero-order chi connectivity index (χ0) is 30.7. The van der Waals surface area contributed by atoms with Gasteiger partial charge in [-0.1, -0.05) is 42.5 Å². The molecule has 1 atom stereocenters. The first-order chi connectivity index (χ1) is 21.4. The van der Waals surface area contributed by atoms with Gasteiger partial charge in [0.1, 0.15) is 23.4 Å². The molecule has 0 aliphatic carbocycles. The fourth-order valence-corrected chi connectivity index (χ4v) is 4.83. The number of nitrogens with zero attached hydrogens (tertiary/aromatic N) is 2.